The normalized spacial score (nSPS) is 10.7. The summed E-state index contributed by atoms with van der Waals surface area (Å²) in [5, 5.41) is 27.3. The summed E-state index contributed by atoms with van der Waals surface area (Å²) in [6.45, 7) is 2.02. The molecule has 3 aromatic rings. The summed E-state index contributed by atoms with van der Waals surface area (Å²) in [5.41, 5.74) is 1.76. The van der Waals surface area contributed by atoms with Crippen LogP contribution >= 0.6 is 0 Å². The van der Waals surface area contributed by atoms with Crippen LogP contribution in [0.5, 0.6) is 11.5 Å². The Morgan fingerprint density at radius 1 is 0.857 bits per heavy atom. The first-order valence-electron chi connectivity index (χ1n) is 6.72. The molecule has 3 rings (SSSR count). The predicted octanol–water partition coefficient (Wildman–Crippen LogP) is 2.91. The molecule has 0 saturated heterocycles. The van der Waals surface area contributed by atoms with E-state index < -0.39 is 0 Å². The van der Waals surface area contributed by atoms with Crippen molar-refractivity contribution in [2.45, 2.75) is 13.3 Å². The molecule has 0 unspecified atom stereocenters. The Hall–Kier alpha value is -2.82. The minimum absolute atomic E-state index is 0.213. The van der Waals surface area contributed by atoms with Gasteiger partial charge < -0.3 is 10.2 Å². The summed E-state index contributed by atoms with van der Waals surface area (Å²) in [6, 6.07) is 13.8. The van der Waals surface area contributed by atoms with Gasteiger partial charge in [0.15, 0.2) is 5.82 Å². The Morgan fingerprint density at radius 3 is 2.00 bits per heavy atom. The fourth-order valence-electron chi connectivity index (χ4n) is 2.22. The molecule has 0 atom stereocenters. The Kier molecular flexibility index (Phi) is 3.31. The fourth-order valence-corrected chi connectivity index (χ4v) is 2.22. The summed E-state index contributed by atoms with van der Waals surface area (Å²) in [6.07, 6.45) is 0.742. The standard InChI is InChI=1S/C16H15N3O2/c1-2-15-17-18-16(11-3-7-13(20)8-4-11)19(15)12-5-9-14(21)10-6-12/h3-10,20-21H,2H2,1H3. The van der Waals surface area contributed by atoms with Crippen LogP contribution in [0, 0.1) is 0 Å². The van der Waals surface area contributed by atoms with Crippen LogP contribution in [0.2, 0.25) is 0 Å². The van der Waals surface area contributed by atoms with Crippen molar-refractivity contribution >= 4 is 0 Å². The number of aromatic hydroxyl groups is 2. The smallest absolute Gasteiger partial charge is 0.168 e. The molecule has 0 spiro atoms. The average molecular weight is 281 g/mol. The molecule has 0 aliphatic rings. The van der Waals surface area contributed by atoms with E-state index in [2.05, 4.69) is 10.2 Å². The monoisotopic (exact) mass is 281 g/mol. The second kappa shape index (κ2) is 5.28. The average Bonchev–Trinajstić information content (AvgIpc) is 2.93. The maximum atomic E-state index is 9.43. The van der Waals surface area contributed by atoms with Gasteiger partial charge in [-0.15, -0.1) is 10.2 Å². The Morgan fingerprint density at radius 2 is 1.43 bits per heavy atom. The lowest BCUT2D eigenvalue weighted by Crippen LogP contribution is -2.02. The molecule has 5 heteroatoms. The lowest BCUT2D eigenvalue weighted by atomic mass is 10.2. The van der Waals surface area contributed by atoms with Crippen molar-refractivity contribution in [3.8, 4) is 28.6 Å². The van der Waals surface area contributed by atoms with Gasteiger partial charge in [-0.05, 0) is 48.5 Å². The van der Waals surface area contributed by atoms with Crippen LogP contribution in [0.4, 0.5) is 0 Å². The number of phenolic OH excluding ortho intramolecular Hbond substituents is 2. The van der Waals surface area contributed by atoms with Crippen LogP contribution in [0.3, 0.4) is 0 Å². The highest BCUT2D eigenvalue weighted by molar-refractivity contribution is 5.60. The van der Waals surface area contributed by atoms with Gasteiger partial charge in [0.2, 0.25) is 0 Å². The van der Waals surface area contributed by atoms with Gasteiger partial charge >= 0.3 is 0 Å². The zero-order valence-corrected chi connectivity index (χ0v) is 11.6. The van der Waals surface area contributed by atoms with E-state index in [1.54, 1.807) is 36.4 Å². The predicted molar refractivity (Wildman–Crippen MR) is 79.5 cm³/mol. The van der Waals surface area contributed by atoms with Gasteiger partial charge in [-0.25, -0.2) is 0 Å². The van der Waals surface area contributed by atoms with E-state index >= 15 is 0 Å². The van der Waals surface area contributed by atoms with Gasteiger partial charge in [-0.1, -0.05) is 6.92 Å². The number of hydrogen-bond donors (Lipinski definition) is 2. The van der Waals surface area contributed by atoms with Gasteiger partial charge in [-0.2, -0.15) is 0 Å². The third-order valence-corrected chi connectivity index (χ3v) is 3.28. The van der Waals surface area contributed by atoms with Crippen LogP contribution < -0.4 is 0 Å². The van der Waals surface area contributed by atoms with Gasteiger partial charge in [0, 0.05) is 17.7 Å². The lowest BCUT2D eigenvalue weighted by Gasteiger charge is -2.10. The third-order valence-electron chi connectivity index (χ3n) is 3.28. The number of rotatable bonds is 3. The molecule has 0 fully saturated rings. The van der Waals surface area contributed by atoms with Gasteiger partial charge in [0.1, 0.15) is 17.3 Å². The van der Waals surface area contributed by atoms with E-state index in [1.807, 2.05) is 23.6 Å². The first kappa shape index (κ1) is 13.2. The van der Waals surface area contributed by atoms with Gasteiger partial charge in [0.05, 0.1) is 0 Å². The summed E-state index contributed by atoms with van der Waals surface area (Å²) >= 11 is 0. The molecule has 0 radical (unpaired) electrons. The second-order valence-corrected chi connectivity index (χ2v) is 4.69. The molecule has 0 aliphatic heterocycles. The first-order valence-corrected chi connectivity index (χ1v) is 6.72. The molecular formula is C16H15N3O2. The molecule has 0 amide bonds. The summed E-state index contributed by atoms with van der Waals surface area (Å²) < 4.78 is 1.95. The maximum Gasteiger partial charge on any atom is 0.168 e. The minimum atomic E-state index is 0.213. The Bertz CT molecular complexity index is 746. The maximum absolute atomic E-state index is 9.43. The topological polar surface area (TPSA) is 71.2 Å². The highest BCUT2D eigenvalue weighted by atomic mass is 16.3. The van der Waals surface area contributed by atoms with Gasteiger partial charge in [-0.3, -0.25) is 4.57 Å². The summed E-state index contributed by atoms with van der Waals surface area (Å²) in [5.74, 6) is 1.97. The molecule has 0 bridgehead atoms. The molecular weight excluding hydrogens is 266 g/mol. The number of hydrogen-bond acceptors (Lipinski definition) is 4. The van der Waals surface area contributed by atoms with E-state index in [4.69, 9.17) is 0 Å². The highest BCUT2D eigenvalue weighted by Gasteiger charge is 2.14. The van der Waals surface area contributed by atoms with E-state index in [1.165, 1.54) is 0 Å². The number of benzene rings is 2. The number of nitrogens with zero attached hydrogens (tertiary/aromatic N) is 3. The van der Waals surface area contributed by atoms with Crippen LogP contribution in [-0.2, 0) is 6.42 Å². The Balaban J connectivity index is 2.16. The fraction of sp³-hybridized carbons (Fsp3) is 0.125. The van der Waals surface area contributed by atoms with E-state index in [9.17, 15) is 10.2 Å². The van der Waals surface area contributed by atoms with Crippen molar-refractivity contribution in [1.82, 2.24) is 14.8 Å². The SMILES string of the molecule is CCc1nnc(-c2ccc(O)cc2)n1-c1ccc(O)cc1. The largest absolute Gasteiger partial charge is 0.508 e. The first-order chi connectivity index (χ1) is 10.2. The summed E-state index contributed by atoms with van der Waals surface area (Å²) in [4.78, 5) is 0. The van der Waals surface area contributed by atoms with Crippen LogP contribution in [0.15, 0.2) is 48.5 Å². The van der Waals surface area contributed by atoms with Crippen LogP contribution in [-0.4, -0.2) is 25.0 Å². The molecule has 0 saturated carbocycles. The van der Waals surface area contributed by atoms with Crippen LogP contribution in [0.1, 0.15) is 12.7 Å². The molecule has 2 aromatic carbocycles. The van der Waals surface area contributed by atoms with Crippen molar-refractivity contribution in [3.05, 3.63) is 54.4 Å². The number of aryl methyl sites for hydroxylation is 1. The minimum Gasteiger partial charge on any atom is -0.508 e. The number of phenols is 2. The van der Waals surface area contributed by atoms with Gasteiger partial charge in [0.25, 0.3) is 0 Å². The van der Waals surface area contributed by atoms with Crippen LogP contribution in [0.25, 0.3) is 17.1 Å². The zero-order chi connectivity index (χ0) is 14.8. The third kappa shape index (κ3) is 2.45. The van der Waals surface area contributed by atoms with Crippen molar-refractivity contribution < 1.29 is 10.2 Å². The van der Waals surface area contributed by atoms with Crippen molar-refractivity contribution in [2.24, 2.45) is 0 Å². The molecule has 106 valence electrons. The van der Waals surface area contributed by atoms with E-state index in [-0.39, 0.29) is 11.5 Å². The van der Waals surface area contributed by atoms with E-state index in [0.717, 1.165) is 23.5 Å². The van der Waals surface area contributed by atoms with Crippen molar-refractivity contribution in [1.29, 1.82) is 0 Å². The summed E-state index contributed by atoms with van der Waals surface area (Å²) in [7, 11) is 0. The molecule has 2 N–H and O–H groups in total. The lowest BCUT2D eigenvalue weighted by molar-refractivity contribution is 0.474. The zero-order valence-electron chi connectivity index (χ0n) is 11.6. The Labute approximate surface area is 122 Å². The number of aromatic nitrogens is 3. The molecule has 5 nitrogen and oxygen atoms in total. The molecule has 1 heterocycles. The molecule has 21 heavy (non-hydrogen) atoms. The van der Waals surface area contributed by atoms with Crippen molar-refractivity contribution in [3.63, 3.8) is 0 Å². The van der Waals surface area contributed by atoms with E-state index in [0.29, 0.717) is 5.82 Å². The second-order valence-electron chi connectivity index (χ2n) is 4.69. The quantitative estimate of drug-likeness (QED) is 0.774. The highest BCUT2D eigenvalue weighted by Crippen LogP contribution is 2.25. The molecule has 1 aromatic heterocycles. The van der Waals surface area contributed by atoms with Crippen molar-refractivity contribution in [2.75, 3.05) is 0 Å². The molecule has 0 aliphatic carbocycles.